The van der Waals surface area contributed by atoms with Gasteiger partial charge in [-0.2, -0.15) is 5.26 Å². The maximum absolute atomic E-state index is 9.42. The van der Waals surface area contributed by atoms with Crippen molar-refractivity contribution in [2.24, 2.45) is 0 Å². The molecule has 3 aromatic rings. The molecular weight excluding hydrogens is 236 g/mol. The molecule has 0 bridgehead atoms. The van der Waals surface area contributed by atoms with E-state index in [1.165, 1.54) is 0 Å². The summed E-state index contributed by atoms with van der Waals surface area (Å²) < 4.78 is 2.18. The first kappa shape index (κ1) is 10.5. The second kappa shape index (κ2) is 3.79. The molecule has 0 amide bonds. The number of hydrogen-bond acceptors (Lipinski definition) is 3. The molecule has 19 heavy (non-hydrogen) atoms. The van der Waals surface area contributed by atoms with Gasteiger partial charge in [0.05, 0.1) is 11.0 Å². The Morgan fingerprint density at radius 3 is 2.68 bits per heavy atom. The first-order valence-electron chi connectivity index (χ1n) is 6.56. The van der Waals surface area contributed by atoms with E-state index in [4.69, 9.17) is 4.98 Å². The van der Waals surface area contributed by atoms with Crippen molar-refractivity contribution in [1.82, 2.24) is 14.5 Å². The van der Waals surface area contributed by atoms with Crippen LogP contribution in [0, 0.1) is 11.3 Å². The second-order valence-electron chi connectivity index (χ2n) is 4.93. The van der Waals surface area contributed by atoms with Crippen LogP contribution in [-0.4, -0.2) is 14.5 Å². The van der Waals surface area contributed by atoms with Crippen molar-refractivity contribution in [3.63, 3.8) is 0 Å². The van der Waals surface area contributed by atoms with Crippen molar-refractivity contribution >= 4 is 22.2 Å². The average molecular weight is 248 g/mol. The zero-order chi connectivity index (χ0) is 12.8. The van der Waals surface area contributed by atoms with Gasteiger partial charge < -0.3 is 4.57 Å². The fraction of sp³-hybridized carbons (Fsp3) is 0.267. The van der Waals surface area contributed by atoms with Crippen molar-refractivity contribution in [3.05, 3.63) is 35.5 Å². The minimum atomic E-state index is 0.716. The molecule has 0 saturated carbocycles. The van der Waals surface area contributed by atoms with Crippen molar-refractivity contribution in [2.45, 2.75) is 25.8 Å². The summed E-state index contributed by atoms with van der Waals surface area (Å²) >= 11 is 0. The highest BCUT2D eigenvalue weighted by Gasteiger charge is 2.22. The van der Waals surface area contributed by atoms with Crippen LogP contribution in [-0.2, 0) is 13.0 Å². The van der Waals surface area contributed by atoms with Gasteiger partial charge in [-0.25, -0.2) is 9.97 Å². The lowest BCUT2D eigenvalue weighted by Gasteiger charge is -2.15. The van der Waals surface area contributed by atoms with Crippen LogP contribution >= 0.6 is 0 Å². The summed E-state index contributed by atoms with van der Waals surface area (Å²) in [7, 11) is 0. The molecule has 92 valence electrons. The number of nitrogens with zero attached hydrogens (tertiary/aromatic N) is 4. The Hall–Kier alpha value is -2.41. The number of rotatable bonds is 0. The average Bonchev–Trinajstić information content (AvgIpc) is 2.78. The lowest BCUT2D eigenvalue weighted by Crippen LogP contribution is -2.10. The van der Waals surface area contributed by atoms with E-state index in [2.05, 4.69) is 15.6 Å². The molecule has 0 fully saturated rings. The summed E-state index contributed by atoms with van der Waals surface area (Å²) in [5, 5.41) is 9.42. The van der Waals surface area contributed by atoms with E-state index in [-0.39, 0.29) is 0 Å². The third-order valence-corrected chi connectivity index (χ3v) is 3.82. The molecule has 0 aliphatic carbocycles. The molecule has 1 aliphatic rings. The molecule has 4 rings (SSSR count). The number of fused-ring (bicyclic) bond motifs is 4. The molecule has 2 aromatic heterocycles. The fourth-order valence-corrected chi connectivity index (χ4v) is 2.93. The van der Waals surface area contributed by atoms with Gasteiger partial charge in [-0.1, -0.05) is 12.1 Å². The van der Waals surface area contributed by atoms with E-state index in [1.54, 1.807) is 0 Å². The van der Waals surface area contributed by atoms with Gasteiger partial charge in [0.2, 0.25) is 0 Å². The topological polar surface area (TPSA) is 54.5 Å². The Kier molecular flexibility index (Phi) is 2.10. The van der Waals surface area contributed by atoms with Gasteiger partial charge in [0.15, 0.2) is 5.65 Å². The smallest absolute Gasteiger partial charge is 0.161 e. The van der Waals surface area contributed by atoms with Gasteiger partial charge in [-0.05, 0) is 31.4 Å². The Morgan fingerprint density at radius 1 is 1.11 bits per heavy atom. The molecule has 0 spiro atoms. The quantitative estimate of drug-likeness (QED) is 0.614. The standard InChI is InChI=1S/C15H12N4/c16-9-10-13-7-3-4-8-19(13)15-14(10)17-11-5-1-2-6-12(11)18-15/h1-2,5-6H,3-4,7-8H2. The van der Waals surface area contributed by atoms with Crippen molar-refractivity contribution in [1.29, 1.82) is 5.26 Å². The number of hydrogen-bond donors (Lipinski definition) is 0. The van der Waals surface area contributed by atoms with E-state index in [9.17, 15) is 5.26 Å². The van der Waals surface area contributed by atoms with Gasteiger partial charge in [-0.3, -0.25) is 0 Å². The normalized spacial score (nSPS) is 14.5. The van der Waals surface area contributed by atoms with Crippen LogP contribution in [0.5, 0.6) is 0 Å². The fourth-order valence-electron chi connectivity index (χ4n) is 2.93. The van der Waals surface area contributed by atoms with Crippen LogP contribution in [0.25, 0.3) is 22.2 Å². The van der Waals surface area contributed by atoms with Crippen LogP contribution in [0.4, 0.5) is 0 Å². The lowest BCUT2D eigenvalue weighted by molar-refractivity contribution is 0.541. The molecule has 0 N–H and O–H groups in total. The SMILES string of the molecule is N#Cc1c2n(c3nc4ccccc4nc13)CCCC2. The molecule has 1 aromatic carbocycles. The van der Waals surface area contributed by atoms with Gasteiger partial charge >= 0.3 is 0 Å². The monoisotopic (exact) mass is 248 g/mol. The number of nitriles is 1. The zero-order valence-electron chi connectivity index (χ0n) is 10.4. The third-order valence-electron chi connectivity index (χ3n) is 3.82. The Bertz CT molecular complexity index is 839. The Balaban J connectivity index is 2.19. The summed E-state index contributed by atoms with van der Waals surface area (Å²) in [6.07, 6.45) is 3.25. The van der Waals surface area contributed by atoms with E-state index < -0.39 is 0 Å². The second-order valence-corrected chi connectivity index (χ2v) is 4.93. The molecule has 4 nitrogen and oxygen atoms in total. The van der Waals surface area contributed by atoms with E-state index in [1.807, 2.05) is 24.3 Å². The lowest BCUT2D eigenvalue weighted by atomic mass is 10.1. The van der Waals surface area contributed by atoms with Crippen LogP contribution in [0.3, 0.4) is 0 Å². The summed E-state index contributed by atoms with van der Waals surface area (Å²) in [5.41, 5.74) is 5.20. The first-order chi connectivity index (χ1) is 9.38. The highest BCUT2D eigenvalue weighted by Crippen LogP contribution is 2.29. The molecule has 1 aliphatic heterocycles. The zero-order valence-corrected chi connectivity index (χ0v) is 10.4. The molecule has 0 atom stereocenters. The van der Waals surface area contributed by atoms with Crippen LogP contribution in [0.2, 0.25) is 0 Å². The van der Waals surface area contributed by atoms with Crippen molar-refractivity contribution in [3.8, 4) is 6.07 Å². The van der Waals surface area contributed by atoms with Crippen LogP contribution in [0.1, 0.15) is 24.1 Å². The van der Waals surface area contributed by atoms with Gasteiger partial charge in [0.25, 0.3) is 0 Å². The highest BCUT2D eigenvalue weighted by molar-refractivity contribution is 5.89. The highest BCUT2D eigenvalue weighted by atomic mass is 15.1. The third kappa shape index (κ3) is 1.39. The first-order valence-corrected chi connectivity index (χ1v) is 6.56. The van der Waals surface area contributed by atoms with Crippen LogP contribution < -0.4 is 0 Å². The Morgan fingerprint density at radius 2 is 1.89 bits per heavy atom. The van der Waals surface area contributed by atoms with Crippen LogP contribution in [0.15, 0.2) is 24.3 Å². The number of para-hydroxylation sites is 2. The molecular formula is C15H12N4. The number of benzene rings is 1. The van der Waals surface area contributed by atoms with Gasteiger partial charge in [0, 0.05) is 12.2 Å². The number of aryl methyl sites for hydroxylation is 1. The predicted octanol–water partition coefficient (Wildman–Crippen LogP) is 2.79. The minimum Gasteiger partial charge on any atom is -0.327 e. The minimum absolute atomic E-state index is 0.716. The van der Waals surface area contributed by atoms with Crippen molar-refractivity contribution < 1.29 is 0 Å². The van der Waals surface area contributed by atoms with Gasteiger partial charge in [0.1, 0.15) is 17.1 Å². The summed E-state index contributed by atoms with van der Waals surface area (Å²) in [6.45, 7) is 0.945. The largest absolute Gasteiger partial charge is 0.327 e. The number of aromatic nitrogens is 3. The molecule has 0 unspecified atom stereocenters. The maximum atomic E-state index is 9.42. The van der Waals surface area contributed by atoms with E-state index in [0.717, 1.165) is 53.7 Å². The molecule has 0 saturated heterocycles. The molecule has 0 radical (unpaired) electrons. The van der Waals surface area contributed by atoms with E-state index >= 15 is 0 Å². The predicted molar refractivity (Wildman–Crippen MR) is 72.7 cm³/mol. The Labute approximate surface area is 110 Å². The summed E-state index contributed by atoms with van der Waals surface area (Å²) in [4.78, 5) is 9.36. The van der Waals surface area contributed by atoms with Crippen molar-refractivity contribution in [2.75, 3.05) is 0 Å². The van der Waals surface area contributed by atoms with Gasteiger partial charge in [-0.15, -0.1) is 0 Å². The molecule has 4 heteroatoms. The maximum Gasteiger partial charge on any atom is 0.161 e. The summed E-state index contributed by atoms with van der Waals surface area (Å²) in [6, 6.07) is 10.1. The summed E-state index contributed by atoms with van der Waals surface area (Å²) in [5.74, 6) is 0. The van der Waals surface area contributed by atoms with E-state index in [0.29, 0.717) is 5.56 Å². The molecule has 3 heterocycles.